The topological polar surface area (TPSA) is 108 Å². The molecule has 1 N–H and O–H groups in total. The molecule has 7 atom stereocenters. The van der Waals surface area contributed by atoms with Crippen LogP contribution in [0.4, 0.5) is 0 Å². The van der Waals surface area contributed by atoms with Crippen LogP contribution in [0.25, 0.3) is 0 Å². The van der Waals surface area contributed by atoms with Crippen molar-refractivity contribution in [1.82, 2.24) is 0 Å². The van der Waals surface area contributed by atoms with E-state index in [2.05, 4.69) is 0 Å². The van der Waals surface area contributed by atoms with Gasteiger partial charge in [-0.1, -0.05) is 54.6 Å². The van der Waals surface area contributed by atoms with Gasteiger partial charge in [0, 0.05) is 5.92 Å². The lowest BCUT2D eigenvalue weighted by Crippen LogP contribution is -2.79. The Morgan fingerprint density at radius 1 is 0.682 bits per heavy atom. The second-order valence-corrected chi connectivity index (χ2v) is 13.1. The van der Waals surface area contributed by atoms with Crippen molar-refractivity contribution < 1.29 is 38.4 Å². The van der Waals surface area contributed by atoms with Crippen LogP contribution < -0.4 is 0 Å². The van der Waals surface area contributed by atoms with Gasteiger partial charge in [-0.2, -0.15) is 0 Å². The Kier molecular flexibility index (Phi) is 7.41. The molecule has 3 aromatic rings. The fourth-order valence-electron chi connectivity index (χ4n) is 7.89. The van der Waals surface area contributed by atoms with Crippen molar-refractivity contribution in [3.8, 4) is 0 Å². The molecule has 0 aromatic heterocycles. The Morgan fingerprint density at radius 2 is 1.11 bits per heavy atom. The number of hydrogen-bond donors (Lipinski definition) is 1. The van der Waals surface area contributed by atoms with Gasteiger partial charge in [0.2, 0.25) is 0 Å². The normalized spacial score (nSPS) is 33.5. The number of rotatable bonds is 6. The van der Waals surface area contributed by atoms with Gasteiger partial charge in [-0.25, -0.2) is 14.4 Å². The molecule has 1 saturated heterocycles. The third-order valence-electron chi connectivity index (χ3n) is 10.1. The minimum Gasteiger partial charge on any atom is -0.458 e. The van der Waals surface area contributed by atoms with Gasteiger partial charge in [0.1, 0.15) is 23.9 Å². The number of carbonyl (C=O) groups is 3. The second kappa shape index (κ2) is 10.9. The highest BCUT2D eigenvalue weighted by Gasteiger charge is 2.82. The van der Waals surface area contributed by atoms with Gasteiger partial charge in [0.15, 0.2) is 0 Å². The van der Waals surface area contributed by atoms with Crippen LogP contribution in [0.5, 0.6) is 0 Å². The van der Waals surface area contributed by atoms with E-state index < -0.39 is 64.4 Å². The van der Waals surface area contributed by atoms with Crippen LogP contribution in [0.15, 0.2) is 91.0 Å². The molecule has 0 radical (unpaired) electrons. The third-order valence-corrected chi connectivity index (χ3v) is 10.1. The molecular weight excluding hydrogens is 560 g/mol. The van der Waals surface area contributed by atoms with E-state index in [-0.39, 0.29) is 19.3 Å². The summed E-state index contributed by atoms with van der Waals surface area (Å²) in [5.74, 6) is -2.09. The number of carbonyl (C=O) groups excluding carboxylic acids is 3. The summed E-state index contributed by atoms with van der Waals surface area (Å²) in [4.78, 5) is 40.6. The summed E-state index contributed by atoms with van der Waals surface area (Å²) in [7, 11) is 0. The van der Waals surface area contributed by atoms with E-state index >= 15 is 0 Å². The van der Waals surface area contributed by atoms with Gasteiger partial charge in [-0.15, -0.1) is 0 Å². The predicted octanol–water partition coefficient (Wildman–Crippen LogP) is 5.78. The number of hydrogen-bond acceptors (Lipinski definition) is 8. The molecule has 8 nitrogen and oxygen atoms in total. The van der Waals surface area contributed by atoms with Crippen LogP contribution in [-0.2, 0) is 18.9 Å². The van der Waals surface area contributed by atoms with Crippen LogP contribution in [-0.4, -0.2) is 58.1 Å². The molecule has 0 amide bonds. The molecule has 7 unspecified atom stereocenters. The monoisotopic (exact) mass is 598 g/mol. The maximum atomic E-state index is 13.6. The van der Waals surface area contributed by atoms with Crippen molar-refractivity contribution in [1.29, 1.82) is 0 Å². The molecule has 3 fully saturated rings. The van der Waals surface area contributed by atoms with Crippen LogP contribution in [0.2, 0.25) is 0 Å². The minimum absolute atomic E-state index is 0.191. The quantitative estimate of drug-likeness (QED) is 0.281. The Hall–Kier alpha value is -4.01. The van der Waals surface area contributed by atoms with Crippen molar-refractivity contribution in [2.45, 2.75) is 82.1 Å². The SMILES string of the molecule is CC1(C)OC23C(OC(=O)c4ccccc4)C1CC(OC(=O)c1ccccc1)C2(C)C(OC(=O)c1ccccc1)CCC3(C)O. The Balaban J connectivity index is 1.47. The molecule has 2 bridgehead atoms. The molecule has 3 aromatic carbocycles. The summed E-state index contributed by atoms with van der Waals surface area (Å²) in [6.07, 6.45) is -1.92. The molecule has 6 rings (SSSR count). The standard InChI is InChI=1S/C36H38O8/c1-33(2)26-22-28(42-31(38)24-16-10-6-11-17-24)35(4)27(41-30(37)23-14-8-5-9-15-23)20-21-34(3,40)36(35,44-33)29(26)43-32(39)25-18-12-7-13-19-25/h5-19,26-29,40H,20-22H2,1-4H3. The third kappa shape index (κ3) is 4.63. The lowest BCUT2D eigenvalue weighted by Gasteiger charge is -2.64. The van der Waals surface area contributed by atoms with Gasteiger partial charge in [0.25, 0.3) is 0 Å². The maximum Gasteiger partial charge on any atom is 0.338 e. The molecule has 8 heteroatoms. The fourth-order valence-corrected chi connectivity index (χ4v) is 7.89. The molecule has 2 aliphatic carbocycles. The summed E-state index contributed by atoms with van der Waals surface area (Å²) in [5.41, 5.74) is -4.27. The number of aliphatic hydroxyl groups is 1. The highest BCUT2D eigenvalue weighted by atomic mass is 16.6. The predicted molar refractivity (Wildman–Crippen MR) is 161 cm³/mol. The minimum atomic E-state index is -1.60. The van der Waals surface area contributed by atoms with Gasteiger partial charge in [-0.3, -0.25) is 0 Å². The van der Waals surface area contributed by atoms with E-state index in [9.17, 15) is 19.5 Å². The van der Waals surface area contributed by atoms with Crippen molar-refractivity contribution in [3.63, 3.8) is 0 Å². The molecule has 2 saturated carbocycles. The van der Waals surface area contributed by atoms with Crippen LogP contribution in [0.1, 0.15) is 78.0 Å². The summed E-state index contributed by atoms with van der Waals surface area (Å²) >= 11 is 0. The van der Waals surface area contributed by atoms with Crippen LogP contribution >= 0.6 is 0 Å². The van der Waals surface area contributed by atoms with Crippen molar-refractivity contribution in [2.24, 2.45) is 11.3 Å². The van der Waals surface area contributed by atoms with E-state index in [1.54, 1.807) is 79.7 Å². The first kappa shape index (κ1) is 30.0. The van der Waals surface area contributed by atoms with E-state index in [0.717, 1.165) is 0 Å². The summed E-state index contributed by atoms with van der Waals surface area (Å²) in [5, 5.41) is 12.3. The molecule has 44 heavy (non-hydrogen) atoms. The largest absolute Gasteiger partial charge is 0.458 e. The maximum absolute atomic E-state index is 13.6. The van der Waals surface area contributed by atoms with Crippen molar-refractivity contribution in [3.05, 3.63) is 108 Å². The summed E-state index contributed by atoms with van der Waals surface area (Å²) < 4.78 is 25.8. The van der Waals surface area contributed by atoms with E-state index in [0.29, 0.717) is 16.7 Å². The van der Waals surface area contributed by atoms with Crippen molar-refractivity contribution in [2.75, 3.05) is 0 Å². The molecule has 1 heterocycles. The number of esters is 3. The lowest BCUT2D eigenvalue weighted by molar-refractivity contribution is -0.324. The van der Waals surface area contributed by atoms with E-state index in [4.69, 9.17) is 18.9 Å². The average Bonchev–Trinajstić information content (AvgIpc) is 3.20. The van der Waals surface area contributed by atoms with Gasteiger partial charge in [-0.05, 0) is 83.4 Å². The van der Waals surface area contributed by atoms with Crippen molar-refractivity contribution >= 4 is 17.9 Å². The van der Waals surface area contributed by atoms with E-state index in [1.807, 2.05) is 39.0 Å². The molecule has 1 aliphatic heterocycles. The highest BCUT2D eigenvalue weighted by Crippen LogP contribution is 2.68. The van der Waals surface area contributed by atoms with Gasteiger partial charge >= 0.3 is 17.9 Å². The first-order valence-electron chi connectivity index (χ1n) is 15.1. The number of ether oxygens (including phenoxy) is 4. The first-order chi connectivity index (χ1) is 20.9. The molecule has 1 spiro atoms. The second-order valence-electron chi connectivity index (χ2n) is 13.1. The zero-order valence-electron chi connectivity index (χ0n) is 25.4. The Labute approximate surface area is 257 Å². The molecule has 3 aliphatic rings. The Morgan fingerprint density at radius 3 is 1.59 bits per heavy atom. The highest BCUT2D eigenvalue weighted by molar-refractivity contribution is 5.91. The van der Waals surface area contributed by atoms with E-state index in [1.165, 1.54) is 0 Å². The van der Waals surface area contributed by atoms with Crippen LogP contribution in [0.3, 0.4) is 0 Å². The lowest BCUT2D eigenvalue weighted by atomic mass is 9.47. The first-order valence-corrected chi connectivity index (χ1v) is 15.1. The fraction of sp³-hybridized carbons (Fsp3) is 0.417. The summed E-state index contributed by atoms with van der Waals surface area (Å²) in [6.45, 7) is 7.29. The average molecular weight is 599 g/mol. The molecule has 230 valence electrons. The number of benzene rings is 3. The number of fused-ring (bicyclic) bond motifs is 1. The van der Waals surface area contributed by atoms with Gasteiger partial charge < -0.3 is 24.1 Å². The summed E-state index contributed by atoms with van der Waals surface area (Å²) in [6, 6.07) is 26.0. The Bertz CT molecular complexity index is 1540. The zero-order valence-corrected chi connectivity index (χ0v) is 25.4. The van der Waals surface area contributed by atoms with Crippen LogP contribution in [0, 0.1) is 11.3 Å². The molecular formula is C36H38O8. The zero-order chi connectivity index (χ0) is 31.3. The van der Waals surface area contributed by atoms with Gasteiger partial charge in [0.05, 0.1) is 33.3 Å². The smallest absolute Gasteiger partial charge is 0.338 e.